The molecular formula is C19H19N7O2S. The molecule has 10 heteroatoms. The largest absolute Gasteiger partial charge is 0.367 e. The SMILES string of the molecule is O=C(Nc1ccncc1)c1csc(C(=O)Nc2cnccc2N2CCNCC2)n1. The van der Waals surface area contributed by atoms with E-state index in [-0.39, 0.29) is 22.5 Å². The highest BCUT2D eigenvalue weighted by atomic mass is 32.1. The Balaban J connectivity index is 1.45. The molecular weight excluding hydrogens is 390 g/mol. The Hall–Kier alpha value is -3.37. The van der Waals surface area contributed by atoms with Gasteiger partial charge in [0.1, 0.15) is 5.69 Å². The quantitative estimate of drug-likeness (QED) is 0.589. The first-order valence-corrected chi connectivity index (χ1v) is 9.96. The summed E-state index contributed by atoms with van der Waals surface area (Å²) >= 11 is 1.12. The van der Waals surface area contributed by atoms with Crippen molar-refractivity contribution < 1.29 is 9.59 Å². The minimum Gasteiger partial charge on any atom is -0.367 e. The molecule has 0 aromatic carbocycles. The van der Waals surface area contributed by atoms with E-state index >= 15 is 0 Å². The lowest BCUT2D eigenvalue weighted by atomic mass is 10.2. The Kier molecular flexibility index (Phi) is 5.73. The highest BCUT2D eigenvalue weighted by molar-refractivity contribution is 7.12. The second kappa shape index (κ2) is 8.76. The minimum absolute atomic E-state index is 0.186. The molecule has 4 heterocycles. The van der Waals surface area contributed by atoms with E-state index < -0.39 is 0 Å². The van der Waals surface area contributed by atoms with Gasteiger partial charge in [0.05, 0.1) is 17.6 Å². The smallest absolute Gasteiger partial charge is 0.284 e. The topological polar surface area (TPSA) is 112 Å². The summed E-state index contributed by atoms with van der Waals surface area (Å²) in [6.45, 7) is 3.48. The van der Waals surface area contributed by atoms with E-state index in [1.165, 1.54) is 0 Å². The van der Waals surface area contributed by atoms with Gasteiger partial charge in [-0.15, -0.1) is 11.3 Å². The molecule has 148 valence electrons. The normalized spacial score (nSPS) is 13.7. The van der Waals surface area contributed by atoms with Crippen LogP contribution >= 0.6 is 11.3 Å². The summed E-state index contributed by atoms with van der Waals surface area (Å²) < 4.78 is 0. The van der Waals surface area contributed by atoms with Crippen LogP contribution in [0.3, 0.4) is 0 Å². The van der Waals surface area contributed by atoms with E-state index in [4.69, 9.17) is 0 Å². The summed E-state index contributed by atoms with van der Waals surface area (Å²) in [4.78, 5) is 39.4. The molecule has 1 fully saturated rings. The fraction of sp³-hybridized carbons (Fsp3) is 0.211. The number of carbonyl (C=O) groups excluding carboxylic acids is 2. The molecule has 1 aliphatic rings. The number of rotatable bonds is 5. The molecule has 4 rings (SSSR count). The van der Waals surface area contributed by atoms with Crippen LogP contribution in [0.5, 0.6) is 0 Å². The van der Waals surface area contributed by atoms with Crippen LogP contribution in [-0.4, -0.2) is 52.9 Å². The number of nitrogens with zero attached hydrogens (tertiary/aromatic N) is 4. The van der Waals surface area contributed by atoms with Crippen molar-refractivity contribution in [2.45, 2.75) is 0 Å². The molecule has 0 aliphatic carbocycles. The summed E-state index contributed by atoms with van der Waals surface area (Å²) in [7, 11) is 0. The number of aromatic nitrogens is 3. The van der Waals surface area contributed by atoms with Crippen molar-refractivity contribution in [1.82, 2.24) is 20.3 Å². The molecule has 9 nitrogen and oxygen atoms in total. The van der Waals surface area contributed by atoms with Crippen LogP contribution in [0.1, 0.15) is 20.3 Å². The molecule has 0 radical (unpaired) electrons. The first-order valence-electron chi connectivity index (χ1n) is 9.08. The number of anilines is 3. The number of piperazine rings is 1. The molecule has 0 atom stereocenters. The molecule has 29 heavy (non-hydrogen) atoms. The monoisotopic (exact) mass is 409 g/mol. The van der Waals surface area contributed by atoms with Gasteiger partial charge in [0.25, 0.3) is 11.8 Å². The van der Waals surface area contributed by atoms with E-state index in [0.29, 0.717) is 11.4 Å². The molecule has 3 aromatic heterocycles. The fourth-order valence-corrected chi connectivity index (χ4v) is 3.65. The van der Waals surface area contributed by atoms with Crippen LogP contribution in [0.2, 0.25) is 0 Å². The van der Waals surface area contributed by atoms with Crippen LogP contribution < -0.4 is 20.9 Å². The Morgan fingerprint density at radius 1 is 1.00 bits per heavy atom. The Morgan fingerprint density at radius 3 is 2.55 bits per heavy atom. The van der Waals surface area contributed by atoms with Crippen molar-refractivity contribution >= 4 is 40.2 Å². The van der Waals surface area contributed by atoms with E-state index in [9.17, 15) is 9.59 Å². The van der Waals surface area contributed by atoms with Gasteiger partial charge < -0.3 is 20.9 Å². The van der Waals surface area contributed by atoms with Gasteiger partial charge in [-0.25, -0.2) is 4.98 Å². The number of hydrogen-bond donors (Lipinski definition) is 3. The molecule has 0 saturated carbocycles. The summed E-state index contributed by atoms with van der Waals surface area (Å²) in [5, 5.41) is 10.7. The molecule has 0 unspecified atom stereocenters. The van der Waals surface area contributed by atoms with Crippen molar-refractivity contribution in [2.24, 2.45) is 0 Å². The average Bonchev–Trinajstić information content (AvgIpc) is 3.26. The molecule has 0 bridgehead atoms. The number of amides is 2. The van der Waals surface area contributed by atoms with Gasteiger partial charge in [-0.05, 0) is 18.2 Å². The van der Waals surface area contributed by atoms with Gasteiger partial charge in [0.2, 0.25) is 0 Å². The number of nitrogens with one attached hydrogen (secondary N) is 3. The number of hydrogen-bond acceptors (Lipinski definition) is 8. The van der Waals surface area contributed by atoms with E-state index in [2.05, 4.69) is 35.8 Å². The van der Waals surface area contributed by atoms with Crippen LogP contribution in [-0.2, 0) is 0 Å². The van der Waals surface area contributed by atoms with Crippen LogP contribution in [0, 0.1) is 0 Å². The van der Waals surface area contributed by atoms with Gasteiger partial charge >= 0.3 is 0 Å². The molecule has 0 spiro atoms. The average molecular weight is 409 g/mol. The Bertz CT molecular complexity index is 1000. The van der Waals surface area contributed by atoms with Gasteiger partial charge in [-0.1, -0.05) is 0 Å². The van der Waals surface area contributed by atoms with Crippen LogP contribution in [0.4, 0.5) is 17.1 Å². The summed E-state index contributed by atoms with van der Waals surface area (Å²) in [5.41, 5.74) is 2.34. The first kappa shape index (κ1) is 19.0. The maximum atomic E-state index is 12.7. The van der Waals surface area contributed by atoms with Crippen LogP contribution in [0.25, 0.3) is 0 Å². The van der Waals surface area contributed by atoms with Gasteiger partial charge in [0.15, 0.2) is 5.01 Å². The second-order valence-corrected chi connectivity index (χ2v) is 7.17. The Morgan fingerprint density at radius 2 is 1.76 bits per heavy atom. The van der Waals surface area contributed by atoms with E-state index in [0.717, 1.165) is 43.2 Å². The lowest BCUT2D eigenvalue weighted by Gasteiger charge is -2.30. The molecule has 2 amide bonds. The zero-order chi connectivity index (χ0) is 20.1. The fourth-order valence-electron chi connectivity index (χ4n) is 2.95. The predicted molar refractivity (Wildman–Crippen MR) is 112 cm³/mol. The second-order valence-electron chi connectivity index (χ2n) is 6.31. The maximum Gasteiger partial charge on any atom is 0.284 e. The van der Waals surface area contributed by atoms with Crippen LogP contribution in [0.15, 0.2) is 48.4 Å². The number of thiazole rings is 1. The summed E-state index contributed by atoms with van der Waals surface area (Å²) in [5.74, 6) is -0.753. The standard InChI is InChI=1S/C19H19N7O2S/c27-17(23-13-1-4-20-5-2-13)15-12-29-19(25-15)18(28)24-14-11-22-6-3-16(14)26-9-7-21-8-10-26/h1-6,11-12,21H,7-10H2,(H,24,28)(H,20,23,27). The molecule has 1 saturated heterocycles. The zero-order valence-corrected chi connectivity index (χ0v) is 16.3. The first-order chi connectivity index (χ1) is 14.2. The lowest BCUT2D eigenvalue weighted by Crippen LogP contribution is -2.43. The van der Waals surface area contributed by atoms with Gasteiger partial charge in [0, 0.05) is 55.8 Å². The van der Waals surface area contributed by atoms with Gasteiger partial charge in [-0.2, -0.15) is 0 Å². The lowest BCUT2D eigenvalue weighted by molar-refractivity contribution is 0.102. The van der Waals surface area contributed by atoms with Crippen molar-refractivity contribution in [3.63, 3.8) is 0 Å². The number of carbonyl (C=O) groups is 2. The third-order valence-corrected chi connectivity index (χ3v) is 5.21. The molecule has 3 N–H and O–H groups in total. The third-order valence-electron chi connectivity index (χ3n) is 4.37. The van der Waals surface area contributed by atoms with E-state index in [1.54, 1.807) is 42.3 Å². The summed E-state index contributed by atoms with van der Waals surface area (Å²) in [6, 6.07) is 5.24. The van der Waals surface area contributed by atoms with E-state index in [1.807, 2.05) is 6.07 Å². The van der Waals surface area contributed by atoms with Crippen molar-refractivity contribution in [3.8, 4) is 0 Å². The highest BCUT2D eigenvalue weighted by Crippen LogP contribution is 2.25. The van der Waals surface area contributed by atoms with Crippen molar-refractivity contribution in [3.05, 3.63) is 59.1 Å². The number of pyridine rings is 2. The summed E-state index contributed by atoms with van der Waals surface area (Å²) in [6.07, 6.45) is 6.50. The third kappa shape index (κ3) is 4.55. The molecule has 1 aliphatic heterocycles. The van der Waals surface area contributed by atoms with Gasteiger partial charge in [-0.3, -0.25) is 19.6 Å². The molecule has 3 aromatic rings. The maximum absolute atomic E-state index is 12.7. The minimum atomic E-state index is -0.380. The highest BCUT2D eigenvalue weighted by Gasteiger charge is 2.19. The Labute approximate surface area is 171 Å². The van der Waals surface area contributed by atoms with Crippen molar-refractivity contribution in [1.29, 1.82) is 0 Å². The van der Waals surface area contributed by atoms with Crippen molar-refractivity contribution in [2.75, 3.05) is 41.7 Å². The zero-order valence-electron chi connectivity index (χ0n) is 15.5. The predicted octanol–water partition coefficient (Wildman–Crippen LogP) is 1.85.